The smallest absolute Gasteiger partial charge is 0.314 e. The second-order valence-corrected chi connectivity index (χ2v) is 7.37. The second-order valence-electron chi connectivity index (χ2n) is 7.37. The van der Waals surface area contributed by atoms with E-state index in [0.29, 0.717) is 13.1 Å². The fourth-order valence-corrected chi connectivity index (χ4v) is 3.77. The Balaban J connectivity index is 1.51. The number of ether oxygens (including phenoxy) is 1. The van der Waals surface area contributed by atoms with Gasteiger partial charge in [0, 0.05) is 13.1 Å². The van der Waals surface area contributed by atoms with E-state index in [1.807, 2.05) is 24.3 Å². The lowest BCUT2D eigenvalue weighted by Crippen LogP contribution is -2.42. The lowest BCUT2D eigenvalue weighted by Gasteiger charge is -2.28. The predicted octanol–water partition coefficient (Wildman–Crippen LogP) is 3.68. The number of urea groups is 1. The lowest BCUT2D eigenvalue weighted by atomic mass is 10.0. The third-order valence-electron chi connectivity index (χ3n) is 5.37. The van der Waals surface area contributed by atoms with Crippen LogP contribution >= 0.6 is 0 Å². The van der Waals surface area contributed by atoms with Crippen LogP contribution in [0.4, 0.5) is 4.79 Å². The first kappa shape index (κ1) is 20.2. The molecule has 5 heteroatoms. The molecule has 0 radical (unpaired) electrons. The number of hydrogen-bond donors (Lipinski definition) is 2. The van der Waals surface area contributed by atoms with Crippen molar-refractivity contribution in [1.82, 2.24) is 15.5 Å². The Hall–Kier alpha value is -2.53. The van der Waals surface area contributed by atoms with Crippen LogP contribution in [0.1, 0.15) is 35.6 Å². The van der Waals surface area contributed by atoms with Gasteiger partial charge in [-0.25, -0.2) is 4.79 Å². The minimum Gasteiger partial charge on any atom is -0.496 e. The van der Waals surface area contributed by atoms with Gasteiger partial charge in [0.05, 0.1) is 13.2 Å². The van der Waals surface area contributed by atoms with Crippen molar-refractivity contribution in [1.29, 1.82) is 0 Å². The Morgan fingerprint density at radius 2 is 1.79 bits per heavy atom. The zero-order valence-corrected chi connectivity index (χ0v) is 16.9. The van der Waals surface area contributed by atoms with Gasteiger partial charge in [-0.15, -0.1) is 0 Å². The fraction of sp³-hybridized carbons (Fsp3) is 0.435. The molecule has 0 aromatic heterocycles. The molecule has 1 unspecified atom stereocenters. The number of hydrogen-bond acceptors (Lipinski definition) is 3. The molecular weight excluding hydrogens is 350 g/mol. The van der Waals surface area contributed by atoms with Crippen LogP contribution in [-0.2, 0) is 6.42 Å². The van der Waals surface area contributed by atoms with Gasteiger partial charge in [0.1, 0.15) is 5.75 Å². The van der Waals surface area contributed by atoms with Crippen molar-refractivity contribution in [2.45, 2.75) is 32.2 Å². The van der Waals surface area contributed by atoms with E-state index in [9.17, 15) is 4.79 Å². The molecule has 2 amide bonds. The minimum absolute atomic E-state index is 0.119. The maximum Gasteiger partial charge on any atom is 0.314 e. The van der Waals surface area contributed by atoms with Crippen molar-refractivity contribution in [2.75, 3.05) is 33.3 Å². The summed E-state index contributed by atoms with van der Waals surface area (Å²) in [5.41, 5.74) is 3.62. The fourth-order valence-electron chi connectivity index (χ4n) is 3.77. The Bertz CT molecular complexity index is 755. The SMILES string of the molecule is COc1ccccc1CCNC(=O)NCC(c1ccc(C)cc1)N1CCCC1. The van der Waals surface area contributed by atoms with Crippen LogP contribution in [0.5, 0.6) is 5.75 Å². The van der Waals surface area contributed by atoms with Crippen molar-refractivity contribution >= 4 is 6.03 Å². The first-order valence-electron chi connectivity index (χ1n) is 10.1. The molecule has 0 aliphatic carbocycles. The third kappa shape index (κ3) is 5.49. The summed E-state index contributed by atoms with van der Waals surface area (Å²) in [7, 11) is 1.67. The van der Waals surface area contributed by atoms with Gasteiger partial charge in [-0.1, -0.05) is 48.0 Å². The molecule has 150 valence electrons. The van der Waals surface area contributed by atoms with Crippen LogP contribution in [0, 0.1) is 6.92 Å². The van der Waals surface area contributed by atoms with Gasteiger partial charge in [0.2, 0.25) is 0 Å². The van der Waals surface area contributed by atoms with Gasteiger partial charge in [0.25, 0.3) is 0 Å². The molecule has 5 nitrogen and oxygen atoms in total. The topological polar surface area (TPSA) is 53.6 Å². The molecule has 1 fully saturated rings. The molecule has 0 spiro atoms. The Morgan fingerprint density at radius 1 is 1.07 bits per heavy atom. The highest BCUT2D eigenvalue weighted by molar-refractivity contribution is 5.73. The molecule has 2 aromatic carbocycles. The van der Waals surface area contributed by atoms with Gasteiger partial charge in [-0.05, 0) is 56.5 Å². The minimum atomic E-state index is -0.119. The highest BCUT2D eigenvalue weighted by atomic mass is 16.5. The summed E-state index contributed by atoms with van der Waals surface area (Å²) >= 11 is 0. The normalized spacial score (nSPS) is 15.2. The van der Waals surface area contributed by atoms with Crippen LogP contribution in [0.2, 0.25) is 0 Å². The lowest BCUT2D eigenvalue weighted by molar-refractivity contribution is 0.221. The summed E-state index contributed by atoms with van der Waals surface area (Å²) in [5.74, 6) is 0.859. The van der Waals surface area contributed by atoms with E-state index in [-0.39, 0.29) is 12.1 Å². The number of methoxy groups -OCH3 is 1. The zero-order chi connectivity index (χ0) is 19.8. The second kappa shape index (κ2) is 10.1. The number of amides is 2. The van der Waals surface area contributed by atoms with E-state index in [4.69, 9.17) is 4.74 Å². The van der Waals surface area contributed by atoms with E-state index >= 15 is 0 Å². The number of carbonyl (C=O) groups is 1. The Kier molecular flexibility index (Phi) is 7.31. The summed E-state index contributed by atoms with van der Waals surface area (Å²) < 4.78 is 5.36. The third-order valence-corrected chi connectivity index (χ3v) is 5.37. The standard InChI is InChI=1S/C23H31N3O2/c1-18-9-11-19(12-10-18)21(26-15-5-6-16-26)17-25-23(27)24-14-13-20-7-3-4-8-22(20)28-2/h3-4,7-12,21H,5-6,13-17H2,1-2H3,(H2,24,25,27). The van der Waals surface area contributed by atoms with Crippen molar-refractivity contribution in [3.05, 3.63) is 65.2 Å². The first-order chi connectivity index (χ1) is 13.7. The molecule has 3 rings (SSSR count). The van der Waals surface area contributed by atoms with Gasteiger partial charge in [-0.3, -0.25) is 4.90 Å². The number of nitrogens with one attached hydrogen (secondary N) is 2. The first-order valence-corrected chi connectivity index (χ1v) is 10.1. The van der Waals surface area contributed by atoms with Gasteiger partial charge >= 0.3 is 6.03 Å². The van der Waals surface area contributed by atoms with E-state index in [2.05, 4.69) is 46.7 Å². The van der Waals surface area contributed by atoms with E-state index < -0.39 is 0 Å². The molecule has 1 aliphatic heterocycles. The number of carbonyl (C=O) groups excluding carboxylic acids is 1. The summed E-state index contributed by atoms with van der Waals surface area (Å²) in [5, 5.41) is 6.03. The van der Waals surface area contributed by atoms with Crippen LogP contribution in [-0.4, -0.2) is 44.2 Å². The Labute approximate surface area is 168 Å². The number of benzene rings is 2. The molecule has 28 heavy (non-hydrogen) atoms. The monoisotopic (exact) mass is 381 g/mol. The van der Waals surface area contributed by atoms with Crippen molar-refractivity contribution < 1.29 is 9.53 Å². The molecule has 1 aliphatic rings. The molecule has 1 saturated heterocycles. The molecule has 2 N–H and O–H groups in total. The highest BCUT2D eigenvalue weighted by Gasteiger charge is 2.23. The molecule has 0 bridgehead atoms. The molecule has 2 aromatic rings. The van der Waals surface area contributed by atoms with Crippen molar-refractivity contribution in [2.24, 2.45) is 0 Å². The largest absolute Gasteiger partial charge is 0.496 e. The number of aryl methyl sites for hydroxylation is 1. The summed E-state index contributed by atoms with van der Waals surface area (Å²) in [6.45, 7) is 5.47. The van der Waals surface area contributed by atoms with Crippen molar-refractivity contribution in [3.63, 3.8) is 0 Å². The van der Waals surface area contributed by atoms with Crippen LogP contribution in [0.3, 0.4) is 0 Å². The summed E-state index contributed by atoms with van der Waals surface area (Å²) in [4.78, 5) is 14.8. The molecular formula is C23H31N3O2. The number of nitrogens with zero attached hydrogens (tertiary/aromatic N) is 1. The average molecular weight is 382 g/mol. The molecule has 1 atom stereocenters. The Morgan fingerprint density at radius 3 is 2.50 bits per heavy atom. The maximum absolute atomic E-state index is 12.3. The van der Waals surface area contributed by atoms with Crippen LogP contribution in [0.25, 0.3) is 0 Å². The maximum atomic E-state index is 12.3. The highest BCUT2D eigenvalue weighted by Crippen LogP contribution is 2.25. The summed E-state index contributed by atoms with van der Waals surface area (Å²) in [6, 6.07) is 16.7. The summed E-state index contributed by atoms with van der Waals surface area (Å²) in [6.07, 6.45) is 3.20. The molecule has 1 heterocycles. The quantitative estimate of drug-likeness (QED) is 0.733. The van der Waals surface area contributed by atoms with Gasteiger partial charge in [0.15, 0.2) is 0 Å². The average Bonchev–Trinajstić information content (AvgIpc) is 3.24. The van der Waals surface area contributed by atoms with Crippen LogP contribution in [0.15, 0.2) is 48.5 Å². The zero-order valence-electron chi connectivity index (χ0n) is 16.9. The predicted molar refractivity (Wildman–Crippen MR) is 113 cm³/mol. The van der Waals surface area contributed by atoms with Gasteiger partial charge < -0.3 is 15.4 Å². The molecule has 0 saturated carbocycles. The van der Waals surface area contributed by atoms with Gasteiger partial charge in [-0.2, -0.15) is 0 Å². The number of rotatable bonds is 8. The number of likely N-dealkylation sites (tertiary alicyclic amines) is 1. The van der Waals surface area contributed by atoms with E-state index in [0.717, 1.165) is 30.8 Å². The number of para-hydroxylation sites is 1. The van der Waals surface area contributed by atoms with E-state index in [1.165, 1.54) is 24.0 Å². The van der Waals surface area contributed by atoms with Crippen molar-refractivity contribution in [3.8, 4) is 5.75 Å². The van der Waals surface area contributed by atoms with Crippen LogP contribution < -0.4 is 15.4 Å². The van der Waals surface area contributed by atoms with E-state index in [1.54, 1.807) is 7.11 Å².